The third-order valence-electron chi connectivity index (χ3n) is 2.19. The summed E-state index contributed by atoms with van der Waals surface area (Å²) in [7, 11) is 0. The van der Waals surface area contributed by atoms with Crippen molar-refractivity contribution in [3.63, 3.8) is 0 Å². The zero-order valence-corrected chi connectivity index (χ0v) is 10.1. The zero-order chi connectivity index (χ0) is 12.0. The van der Waals surface area contributed by atoms with Gasteiger partial charge in [0.2, 0.25) is 0 Å². The molecule has 15 heavy (non-hydrogen) atoms. The second-order valence-corrected chi connectivity index (χ2v) is 4.69. The van der Waals surface area contributed by atoms with Gasteiger partial charge in [0.1, 0.15) is 0 Å². The van der Waals surface area contributed by atoms with Gasteiger partial charge in [-0.15, -0.1) is 0 Å². The average Bonchev–Trinajstić information content (AvgIpc) is 1.99. The van der Waals surface area contributed by atoms with Crippen molar-refractivity contribution in [1.82, 2.24) is 4.90 Å². The molecule has 0 rings (SSSR count). The van der Waals surface area contributed by atoms with Crippen LogP contribution in [0.1, 0.15) is 34.1 Å². The summed E-state index contributed by atoms with van der Waals surface area (Å²) in [6.07, 6.45) is -0.954. The Hall–Kier alpha value is -0.610. The number of rotatable bonds is 7. The van der Waals surface area contributed by atoms with Gasteiger partial charge in [-0.2, -0.15) is 0 Å². The fraction of sp³-hybridized carbons (Fsp3) is 0.909. The average molecular weight is 217 g/mol. The SMILES string of the molecule is CC(C)CN(CC(O)CC(=O)O)C(C)C. The van der Waals surface area contributed by atoms with E-state index in [0.29, 0.717) is 18.5 Å². The first-order valence-electron chi connectivity index (χ1n) is 5.46. The summed E-state index contributed by atoms with van der Waals surface area (Å²) >= 11 is 0. The van der Waals surface area contributed by atoms with Gasteiger partial charge in [-0.3, -0.25) is 9.69 Å². The maximum atomic E-state index is 10.4. The molecular formula is C11H23NO3. The van der Waals surface area contributed by atoms with Crippen molar-refractivity contribution < 1.29 is 15.0 Å². The smallest absolute Gasteiger partial charge is 0.306 e. The Bertz CT molecular complexity index is 192. The van der Waals surface area contributed by atoms with Gasteiger partial charge in [0.25, 0.3) is 0 Å². The molecule has 90 valence electrons. The second-order valence-electron chi connectivity index (χ2n) is 4.69. The van der Waals surface area contributed by atoms with Crippen molar-refractivity contribution in [3.8, 4) is 0 Å². The van der Waals surface area contributed by atoms with Crippen LogP contribution in [0.15, 0.2) is 0 Å². The molecule has 0 heterocycles. The fourth-order valence-corrected chi connectivity index (χ4v) is 1.50. The number of carboxylic acid groups (broad SMARTS) is 1. The highest BCUT2D eigenvalue weighted by Gasteiger charge is 2.17. The van der Waals surface area contributed by atoms with Gasteiger partial charge in [-0.1, -0.05) is 13.8 Å². The van der Waals surface area contributed by atoms with Gasteiger partial charge >= 0.3 is 5.97 Å². The van der Waals surface area contributed by atoms with Crippen LogP contribution in [0.5, 0.6) is 0 Å². The van der Waals surface area contributed by atoms with Crippen LogP contribution in [0.25, 0.3) is 0 Å². The molecule has 0 radical (unpaired) electrons. The number of carboxylic acids is 1. The molecule has 0 bridgehead atoms. The van der Waals surface area contributed by atoms with E-state index in [1.807, 2.05) is 0 Å². The third kappa shape index (κ3) is 7.33. The maximum Gasteiger partial charge on any atom is 0.306 e. The first-order valence-corrected chi connectivity index (χ1v) is 5.46. The van der Waals surface area contributed by atoms with Crippen molar-refractivity contribution in [1.29, 1.82) is 0 Å². The van der Waals surface area contributed by atoms with E-state index in [1.165, 1.54) is 0 Å². The minimum absolute atomic E-state index is 0.179. The summed E-state index contributed by atoms with van der Waals surface area (Å²) in [5.41, 5.74) is 0. The second kappa shape index (κ2) is 6.80. The molecular weight excluding hydrogens is 194 g/mol. The van der Waals surface area contributed by atoms with Crippen LogP contribution in [0.2, 0.25) is 0 Å². The topological polar surface area (TPSA) is 60.8 Å². The van der Waals surface area contributed by atoms with Crippen LogP contribution in [0, 0.1) is 5.92 Å². The molecule has 0 aliphatic heterocycles. The minimum atomic E-state index is -0.948. The molecule has 0 amide bonds. The Morgan fingerprint density at radius 2 is 1.73 bits per heavy atom. The summed E-state index contributed by atoms with van der Waals surface area (Å²) in [6, 6.07) is 0.329. The van der Waals surface area contributed by atoms with Crippen LogP contribution in [0.4, 0.5) is 0 Å². The normalized spacial score (nSPS) is 13.9. The van der Waals surface area contributed by atoms with Crippen molar-refractivity contribution in [3.05, 3.63) is 0 Å². The summed E-state index contributed by atoms with van der Waals surface area (Å²) in [4.78, 5) is 12.5. The van der Waals surface area contributed by atoms with Crippen LogP contribution in [-0.2, 0) is 4.79 Å². The lowest BCUT2D eigenvalue weighted by molar-refractivity contribution is -0.139. The van der Waals surface area contributed by atoms with Gasteiger partial charge in [0.15, 0.2) is 0 Å². The Morgan fingerprint density at radius 1 is 1.20 bits per heavy atom. The maximum absolute atomic E-state index is 10.4. The Labute approximate surface area is 91.9 Å². The molecule has 0 aromatic heterocycles. The number of hydrogen-bond donors (Lipinski definition) is 2. The molecule has 0 saturated carbocycles. The van der Waals surface area contributed by atoms with Gasteiger partial charge in [0, 0.05) is 19.1 Å². The molecule has 0 fully saturated rings. The summed E-state index contributed by atoms with van der Waals surface area (Å²) in [5.74, 6) is -0.430. The van der Waals surface area contributed by atoms with Crippen molar-refractivity contribution in [2.24, 2.45) is 5.92 Å². The Morgan fingerprint density at radius 3 is 2.07 bits per heavy atom. The van der Waals surface area contributed by atoms with Crippen LogP contribution >= 0.6 is 0 Å². The van der Waals surface area contributed by atoms with E-state index in [4.69, 9.17) is 5.11 Å². The molecule has 4 nitrogen and oxygen atoms in total. The molecule has 0 aliphatic rings. The highest BCUT2D eigenvalue weighted by Crippen LogP contribution is 2.06. The van der Waals surface area contributed by atoms with E-state index in [-0.39, 0.29) is 6.42 Å². The lowest BCUT2D eigenvalue weighted by Crippen LogP contribution is -2.40. The van der Waals surface area contributed by atoms with Gasteiger partial charge in [0.05, 0.1) is 12.5 Å². The van der Waals surface area contributed by atoms with Gasteiger partial charge < -0.3 is 10.2 Å². The van der Waals surface area contributed by atoms with Crippen molar-refractivity contribution in [2.45, 2.75) is 46.3 Å². The molecule has 1 atom stereocenters. The van der Waals surface area contributed by atoms with Crippen molar-refractivity contribution >= 4 is 5.97 Å². The predicted octanol–water partition coefficient (Wildman–Crippen LogP) is 1.19. The largest absolute Gasteiger partial charge is 0.481 e. The number of nitrogens with zero attached hydrogens (tertiary/aromatic N) is 1. The fourth-order valence-electron chi connectivity index (χ4n) is 1.50. The molecule has 0 aliphatic carbocycles. The highest BCUT2D eigenvalue weighted by atomic mass is 16.4. The number of aliphatic hydroxyl groups is 1. The van der Waals surface area contributed by atoms with Crippen molar-refractivity contribution in [2.75, 3.05) is 13.1 Å². The zero-order valence-electron chi connectivity index (χ0n) is 10.1. The molecule has 2 N–H and O–H groups in total. The lowest BCUT2D eigenvalue weighted by atomic mass is 10.1. The van der Waals surface area contributed by atoms with E-state index >= 15 is 0 Å². The van der Waals surface area contributed by atoms with Crippen LogP contribution in [-0.4, -0.2) is 46.3 Å². The van der Waals surface area contributed by atoms with E-state index in [0.717, 1.165) is 6.54 Å². The number of hydrogen-bond acceptors (Lipinski definition) is 3. The molecule has 4 heteroatoms. The Balaban J connectivity index is 4.09. The van der Waals surface area contributed by atoms with Crippen LogP contribution < -0.4 is 0 Å². The standard InChI is InChI=1S/C11H23NO3/c1-8(2)6-12(9(3)4)7-10(13)5-11(14)15/h8-10,13H,5-7H2,1-4H3,(H,14,15). The highest BCUT2D eigenvalue weighted by molar-refractivity contribution is 5.67. The monoisotopic (exact) mass is 217 g/mol. The predicted molar refractivity (Wildman–Crippen MR) is 59.8 cm³/mol. The first-order chi connectivity index (χ1) is 6.82. The molecule has 0 aromatic carbocycles. The van der Waals surface area contributed by atoms with Gasteiger partial charge in [-0.05, 0) is 19.8 Å². The lowest BCUT2D eigenvalue weighted by Gasteiger charge is -2.29. The molecule has 1 unspecified atom stereocenters. The Kier molecular flexibility index (Phi) is 6.52. The van der Waals surface area contributed by atoms with Gasteiger partial charge in [-0.25, -0.2) is 0 Å². The van der Waals surface area contributed by atoms with E-state index < -0.39 is 12.1 Å². The number of aliphatic carboxylic acids is 1. The van der Waals surface area contributed by atoms with E-state index in [2.05, 4.69) is 32.6 Å². The minimum Gasteiger partial charge on any atom is -0.481 e. The van der Waals surface area contributed by atoms with E-state index in [1.54, 1.807) is 0 Å². The van der Waals surface area contributed by atoms with E-state index in [9.17, 15) is 9.90 Å². The first kappa shape index (κ1) is 14.4. The van der Waals surface area contributed by atoms with Crippen LogP contribution in [0.3, 0.4) is 0 Å². The molecule has 0 spiro atoms. The third-order valence-corrected chi connectivity index (χ3v) is 2.19. The summed E-state index contributed by atoms with van der Waals surface area (Å²) < 4.78 is 0. The summed E-state index contributed by atoms with van der Waals surface area (Å²) in [6.45, 7) is 9.64. The molecule has 0 saturated heterocycles. The number of carbonyl (C=O) groups is 1. The summed E-state index contributed by atoms with van der Waals surface area (Å²) in [5, 5.41) is 18.1. The quantitative estimate of drug-likeness (QED) is 0.672. The molecule has 0 aromatic rings. The number of aliphatic hydroxyl groups excluding tert-OH is 1.